The molecule has 3 aromatic heterocycles. The minimum Gasteiger partial charge on any atom is -0.309 e. The maximum Gasteiger partial charge on any atom is 0.0541 e. The van der Waals surface area contributed by atoms with Crippen molar-refractivity contribution in [3.8, 4) is 44.8 Å². The van der Waals surface area contributed by atoms with Crippen molar-refractivity contribution >= 4 is 91.1 Å². The molecular formula is C54H33BrN2S. The van der Waals surface area contributed by atoms with Crippen molar-refractivity contribution in [2.75, 3.05) is 0 Å². The Morgan fingerprint density at radius 2 is 0.776 bits per heavy atom. The van der Waals surface area contributed by atoms with Crippen LogP contribution in [0.3, 0.4) is 0 Å². The molecule has 0 amide bonds. The first-order chi connectivity index (χ1) is 28.6. The number of halogens is 1. The van der Waals surface area contributed by atoms with Crippen LogP contribution in [0.5, 0.6) is 0 Å². The minimum atomic E-state index is 1.06. The summed E-state index contributed by atoms with van der Waals surface area (Å²) in [5, 5.41) is 7.61. The molecule has 58 heavy (non-hydrogen) atoms. The maximum atomic E-state index is 3.90. The molecule has 0 radical (unpaired) electrons. The first-order valence-corrected chi connectivity index (χ1v) is 21.2. The second kappa shape index (κ2) is 13.2. The van der Waals surface area contributed by atoms with Crippen LogP contribution in [0, 0.1) is 0 Å². The van der Waals surface area contributed by atoms with Crippen molar-refractivity contribution < 1.29 is 0 Å². The molecule has 12 aromatic rings. The van der Waals surface area contributed by atoms with Gasteiger partial charge in [0.25, 0.3) is 0 Å². The molecule has 0 aliphatic carbocycles. The summed E-state index contributed by atoms with van der Waals surface area (Å²) >= 11 is 5.77. The molecule has 0 unspecified atom stereocenters. The van der Waals surface area contributed by atoms with Gasteiger partial charge in [-0.25, -0.2) is 0 Å². The van der Waals surface area contributed by atoms with Crippen LogP contribution in [-0.4, -0.2) is 9.13 Å². The van der Waals surface area contributed by atoms with Gasteiger partial charge in [0.2, 0.25) is 0 Å². The van der Waals surface area contributed by atoms with E-state index in [-0.39, 0.29) is 0 Å². The van der Waals surface area contributed by atoms with Gasteiger partial charge in [0, 0.05) is 57.6 Å². The number of para-hydroxylation sites is 2. The first-order valence-electron chi connectivity index (χ1n) is 19.6. The van der Waals surface area contributed by atoms with Crippen molar-refractivity contribution in [1.29, 1.82) is 0 Å². The Kier molecular flexibility index (Phi) is 7.59. The number of rotatable bonds is 5. The molecule has 0 spiro atoms. The molecule has 272 valence electrons. The van der Waals surface area contributed by atoms with Crippen LogP contribution < -0.4 is 0 Å². The summed E-state index contributed by atoms with van der Waals surface area (Å²) in [6, 6.07) is 73.4. The summed E-state index contributed by atoms with van der Waals surface area (Å²) in [7, 11) is 0. The van der Waals surface area contributed by atoms with Crippen LogP contribution in [0.15, 0.2) is 205 Å². The van der Waals surface area contributed by atoms with E-state index in [4.69, 9.17) is 0 Å². The largest absolute Gasteiger partial charge is 0.309 e. The molecule has 0 saturated carbocycles. The van der Waals surface area contributed by atoms with E-state index < -0.39 is 0 Å². The third-order valence-electron chi connectivity index (χ3n) is 11.8. The molecule has 0 fully saturated rings. The van der Waals surface area contributed by atoms with Crippen molar-refractivity contribution in [3.05, 3.63) is 205 Å². The minimum absolute atomic E-state index is 1.06. The first kappa shape index (κ1) is 33.4. The Balaban J connectivity index is 0.959. The molecule has 0 aliphatic rings. The zero-order valence-electron chi connectivity index (χ0n) is 31.2. The van der Waals surface area contributed by atoms with Gasteiger partial charge in [0.1, 0.15) is 0 Å². The molecule has 0 aliphatic heterocycles. The maximum absolute atomic E-state index is 3.90. The zero-order valence-corrected chi connectivity index (χ0v) is 33.6. The lowest BCUT2D eigenvalue weighted by Gasteiger charge is -2.11. The van der Waals surface area contributed by atoms with Gasteiger partial charge in [-0.15, -0.1) is 11.3 Å². The molecule has 2 nitrogen and oxygen atoms in total. The number of aromatic nitrogens is 2. The summed E-state index contributed by atoms with van der Waals surface area (Å²) < 4.78 is 8.52. The molecular weight excluding hydrogens is 789 g/mol. The monoisotopic (exact) mass is 820 g/mol. The number of nitrogens with zero attached hydrogens (tertiary/aromatic N) is 2. The van der Waals surface area contributed by atoms with E-state index in [1.807, 2.05) is 11.3 Å². The van der Waals surface area contributed by atoms with Crippen LogP contribution in [0.4, 0.5) is 0 Å². The quantitative estimate of drug-likeness (QED) is 0.164. The fourth-order valence-electron chi connectivity index (χ4n) is 9.07. The fourth-order valence-corrected chi connectivity index (χ4v) is 10.7. The van der Waals surface area contributed by atoms with Crippen LogP contribution in [-0.2, 0) is 0 Å². The average molecular weight is 822 g/mol. The van der Waals surface area contributed by atoms with Gasteiger partial charge >= 0.3 is 0 Å². The van der Waals surface area contributed by atoms with E-state index in [0.29, 0.717) is 0 Å². The lowest BCUT2D eigenvalue weighted by Crippen LogP contribution is -1.93. The Morgan fingerprint density at radius 3 is 1.43 bits per heavy atom. The zero-order chi connectivity index (χ0) is 38.3. The van der Waals surface area contributed by atoms with E-state index in [1.54, 1.807) is 0 Å². The Morgan fingerprint density at radius 1 is 0.293 bits per heavy atom. The third-order valence-corrected chi connectivity index (χ3v) is 13.4. The van der Waals surface area contributed by atoms with Gasteiger partial charge in [0.15, 0.2) is 0 Å². The number of fused-ring (bicyclic) bond motifs is 9. The topological polar surface area (TPSA) is 9.86 Å². The highest BCUT2D eigenvalue weighted by Gasteiger charge is 2.17. The molecule has 9 aromatic carbocycles. The van der Waals surface area contributed by atoms with Gasteiger partial charge in [-0.2, -0.15) is 0 Å². The predicted molar refractivity (Wildman–Crippen MR) is 252 cm³/mol. The van der Waals surface area contributed by atoms with Gasteiger partial charge in [-0.1, -0.05) is 125 Å². The van der Waals surface area contributed by atoms with Crippen molar-refractivity contribution in [2.45, 2.75) is 0 Å². The summed E-state index contributed by atoms with van der Waals surface area (Å²) in [5.41, 5.74) is 14.3. The van der Waals surface area contributed by atoms with Crippen LogP contribution in [0.2, 0.25) is 0 Å². The van der Waals surface area contributed by atoms with Crippen LogP contribution >= 0.6 is 27.3 Å². The smallest absolute Gasteiger partial charge is 0.0541 e. The Hall–Kier alpha value is -6.72. The number of thiophene rings is 1. The van der Waals surface area contributed by atoms with E-state index >= 15 is 0 Å². The predicted octanol–water partition coefficient (Wildman–Crippen LogP) is 16.0. The van der Waals surface area contributed by atoms with E-state index in [1.165, 1.54) is 103 Å². The highest BCUT2D eigenvalue weighted by molar-refractivity contribution is 9.10. The molecule has 0 N–H and O–H groups in total. The molecule has 0 saturated heterocycles. The highest BCUT2D eigenvalue weighted by Crippen LogP contribution is 2.41. The fraction of sp³-hybridized carbons (Fsp3) is 0. The van der Waals surface area contributed by atoms with Gasteiger partial charge < -0.3 is 9.13 Å². The van der Waals surface area contributed by atoms with Crippen molar-refractivity contribution in [2.24, 2.45) is 0 Å². The average Bonchev–Trinajstić information content (AvgIpc) is 3.93. The standard InChI is InChI=1S/C54H33BrN2S/c55-40-29-38(36-20-25-51-46(31-36)43-12-4-7-15-49(43)56(51)41-22-18-35(19-23-41)34-10-2-1-3-11-34)28-39(30-40)37-21-26-52-47(32-37)44-13-5-8-16-50(44)57(52)42-24-27-54-48(33-42)45-14-6-9-17-53(45)58-54/h1-33H. The molecule has 12 rings (SSSR count). The van der Waals surface area contributed by atoms with Crippen LogP contribution in [0.25, 0.3) is 109 Å². The van der Waals surface area contributed by atoms with Gasteiger partial charge in [-0.3, -0.25) is 0 Å². The Bertz CT molecular complexity index is 3570. The summed E-state index contributed by atoms with van der Waals surface area (Å²) in [6.07, 6.45) is 0. The SMILES string of the molecule is Brc1cc(-c2ccc3c(c2)c2ccccc2n3-c2ccc(-c3ccccc3)cc2)cc(-c2ccc3c(c2)c2ccccc2n3-c2ccc3sc4ccccc4c3c2)c1. The van der Waals surface area contributed by atoms with Gasteiger partial charge in [-0.05, 0) is 124 Å². The van der Waals surface area contributed by atoms with Gasteiger partial charge in [0.05, 0.1) is 22.1 Å². The normalized spacial score (nSPS) is 11.9. The summed E-state index contributed by atoms with van der Waals surface area (Å²) in [4.78, 5) is 0. The third kappa shape index (κ3) is 5.30. The lowest BCUT2D eigenvalue weighted by molar-refractivity contribution is 1.18. The van der Waals surface area contributed by atoms with E-state index in [2.05, 4.69) is 225 Å². The Labute approximate surface area is 347 Å². The number of benzene rings is 9. The second-order valence-corrected chi connectivity index (χ2v) is 17.1. The molecule has 3 heterocycles. The van der Waals surface area contributed by atoms with E-state index in [9.17, 15) is 0 Å². The number of hydrogen-bond acceptors (Lipinski definition) is 1. The lowest BCUT2D eigenvalue weighted by atomic mass is 9.97. The molecule has 0 atom stereocenters. The highest BCUT2D eigenvalue weighted by atomic mass is 79.9. The molecule has 0 bridgehead atoms. The number of hydrogen-bond donors (Lipinski definition) is 0. The van der Waals surface area contributed by atoms with E-state index in [0.717, 1.165) is 10.2 Å². The summed E-state index contributed by atoms with van der Waals surface area (Å²) in [6.45, 7) is 0. The van der Waals surface area contributed by atoms with Crippen molar-refractivity contribution in [1.82, 2.24) is 9.13 Å². The summed E-state index contributed by atoms with van der Waals surface area (Å²) in [5.74, 6) is 0. The van der Waals surface area contributed by atoms with Crippen molar-refractivity contribution in [3.63, 3.8) is 0 Å². The second-order valence-electron chi connectivity index (χ2n) is 15.1. The van der Waals surface area contributed by atoms with Crippen LogP contribution in [0.1, 0.15) is 0 Å². The molecule has 4 heteroatoms.